The van der Waals surface area contributed by atoms with Gasteiger partial charge >= 0.3 is 5.69 Å². The second-order valence-corrected chi connectivity index (χ2v) is 3.48. The molecule has 1 aromatic rings. The van der Waals surface area contributed by atoms with Gasteiger partial charge in [-0.15, -0.1) is 0 Å². The summed E-state index contributed by atoms with van der Waals surface area (Å²) in [6, 6.07) is 0.325. The number of nitrogens with one attached hydrogen (secondary N) is 1. The summed E-state index contributed by atoms with van der Waals surface area (Å²) in [5.74, 6) is 0.637. The average Bonchev–Trinajstić information content (AvgIpc) is 2.29. The molecule has 0 aliphatic heterocycles. The molecule has 1 rings (SSSR count). The van der Waals surface area contributed by atoms with E-state index in [2.05, 4.69) is 22.2 Å². The molecule has 1 N–H and O–H groups in total. The van der Waals surface area contributed by atoms with Crippen LogP contribution in [-0.4, -0.2) is 27.5 Å². The number of nitrogens with zero attached hydrogens (tertiary/aromatic N) is 3. The number of rotatable bonds is 6. The van der Waals surface area contributed by atoms with Gasteiger partial charge in [0.2, 0.25) is 0 Å². The van der Waals surface area contributed by atoms with Crippen LogP contribution in [0.15, 0.2) is 12.4 Å². The molecule has 6 heteroatoms. The topological polar surface area (TPSA) is 81.0 Å². The molecule has 88 valence electrons. The van der Waals surface area contributed by atoms with Crippen LogP contribution in [0.1, 0.15) is 26.1 Å². The van der Waals surface area contributed by atoms with Gasteiger partial charge in [0.15, 0.2) is 0 Å². The number of nitro groups is 1. The zero-order valence-corrected chi connectivity index (χ0v) is 9.51. The van der Waals surface area contributed by atoms with Crippen LogP contribution in [-0.2, 0) is 6.42 Å². The fourth-order valence-electron chi connectivity index (χ4n) is 1.42. The summed E-state index contributed by atoms with van der Waals surface area (Å²) < 4.78 is 0. The summed E-state index contributed by atoms with van der Waals surface area (Å²) in [5, 5.41) is 13.7. The molecule has 6 nitrogen and oxygen atoms in total. The first kappa shape index (κ1) is 12.5. The second kappa shape index (κ2) is 6.12. The van der Waals surface area contributed by atoms with E-state index in [4.69, 9.17) is 0 Å². The van der Waals surface area contributed by atoms with Crippen molar-refractivity contribution in [2.45, 2.75) is 32.7 Å². The molecule has 0 aromatic carbocycles. The van der Waals surface area contributed by atoms with Crippen molar-refractivity contribution in [3.05, 3.63) is 28.3 Å². The minimum atomic E-state index is -0.495. The standard InChI is InChI=1S/C10H16N4O2/c1-3-8(11-4-2)5-10-12-6-9(7-13-10)14(15)16/h6-8,11H,3-5H2,1-2H3. The molecule has 1 heterocycles. The van der Waals surface area contributed by atoms with Crippen molar-refractivity contribution in [3.63, 3.8) is 0 Å². The predicted molar refractivity (Wildman–Crippen MR) is 60.1 cm³/mol. The van der Waals surface area contributed by atoms with Gasteiger partial charge in [0.1, 0.15) is 18.2 Å². The first-order valence-electron chi connectivity index (χ1n) is 5.36. The van der Waals surface area contributed by atoms with Gasteiger partial charge in [-0.1, -0.05) is 13.8 Å². The quantitative estimate of drug-likeness (QED) is 0.582. The molecular weight excluding hydrogens is 208 g/mol. The molecule has 1 aromatic heterocycles. The van der Waals surface area contributed by atoms with E-state index in [-0.39, 0.29) is 5.69 Å². The van der Waals surface area contributed by atoms with E-state index in [0.29, 0.717) is 18.3 Å². The zero-order valence-electron chi connectivity index (χ0n) is 9.51. The minimum absolute atomic E-state index is 0.0692. The maximum absolute atomic E-state index is 10.4. The highest BCUT2D eigenvalue weighted by atomic mass is 16.6. The summed E-state index contributed by atoms with van der Waals surface area (Å²) >= 11 is 0. The third-order valence-electron chi connectivity index (χ3n) is 2.32. The summed E-state index contributed by atoms with van der Waals surface area (Å²) in [4.78, 5) is 17.9. The molecule has 0 aliphatic carbocycles. The van der Waals surface area contributed by atoms with Crippen LogP contribution in [0.4, 0.5) is 5.69 Å². The zero-order chi connectivity index (χ0) is 12.0. The van der Waals surface area contributed by atoms with Crippen molar-refractivity contribution >= 4 is 5.69 Å². The Morgan fingerprint density at radius 1 is 1.44 bits per heavy atom. The molecule has 16 heavy (non-hydrogen) atoms. The lowest BCUT2D eigenvalue weighted by atomic mass is 10.1. The molecular formula is C10H16N4O2. The molecule has 0 saturated heterocycles. The lowest BCUT2D eigenvalue weighted by Crippen LogP contribution is -2.30. The Morgan fingerprint density at radius 2 is 2.06 bits per heavy atom. The van der Waals surface area contributed by atoms with Crippen molar-refractivity contribution in [2.24, 2.45) is 0 Å². The first-order chi connectivity index (χ1) is 7.67. The molecule has 0 amide bonds. The van der Waals surface area contributed by atoms with Crippen molar-refractivity contribution in [1.82, 2.24) is 15.3 Å². The Balaban J connectivity index is 2.63. The number of aromatic nitrogens is 2. The molecule has 0 fully saturated rings. The van der Waals surface area contributed by atoms with Crippen molar-refractivity contribution in [3.8, 4) is 0 Å². The summed E-state index contributed by atoms with van der Waals surface area (Å²) in [5.41, 5.74) is -0.0692. The Morgan fingerprint density at radius 3 is 2.50 bits per heavy atom. The molecule has 0 spiro atoms. The third-order valence-corrected chi connectivity index (χ3v) is 2.32. The van der Waals surface area contributed by atoms with E-state index in [0.717, 1.165) is 13.0 Å². The summed E-state index contributed by atoms with van der Waals surface area (Å²) in [7, 11) is 0. The lowest BCUT2D eigenvalue weighted by molar-refractivity contribution is -0.385. The highest BCUT2D eigenvalue weighted by molar-refractivity contribution is 5.20. The molecule has 0 radical (unpaired) electrons. The Labute approximate surface area is 94.3 Å². The first-order valence-corrected chi connectivity index (χ1v) is 5.36. The molecule has 0 aliphatic rings. The summed E-state index contributed by atoms with van der Waals surface area (Å²) in [6.07, 6.45) is 4.18. The fraction of sp³-hybridized carbons (Fsp3) is 0.600. The normalized spacial score (nSPS) is 12.4. The van der Waals surface area contributed by atoms with E-state index in [1.165, 1.54) is 12.4 Å². The van der Waals surface area contributed by atoms with E-state index < -0.39 is 4.92 Å². The van der Waals surface area contributed by atoms with Gasteiger partial charge < -0.3 is 5.32 Å². The van der Waals surface area contributed by atoms with E-state index >= 15 is 0 Å². The van der Waals surface area contributed by atoms with Gasteiger partial charge in [0, 0.05) is 12.5 Å². The number of hydrogen-bond donors (Lipinski definition) is 1. The molecule has 1 unspecified atom stereocenters. The monoisotopic (exact) mass is 224 g/mol. The Hall–Kier alpha value is -1.56. The smallest absolute Gasteiger partial charge is 0.305 e. The van der Waals surface area contributed by atoms with Gasteiger partial charge in [-0.25, -0.2) is 9.97 Å². The van der Waals surface area contributed by atoms with Crippen molar-refractivity contribution in [2.75, 3.05) is 6.54 Å². The van der Waals surface area contributed by atoms with Gasteiger partial charge in [0.25, 0.3) is 0 Å². The van der Waals surface area contributed by atoms with Crippen molar-refractivity contribution in [1.29, 1.82) is 0 Å². The minimum Gasteiger partial charge on any atom is -0.314 e. The van der Waals surface area contributed by atoms with Crippen LogP contribution in [0.25, 0.3) is 0 Å². The van der Waals surface area contributed by atoms with Gasteiger partial charge in [-0.2, -0.15) is 0 Å². The van der Waals surface area contributed by atoms with Crippen LogP contribution in [0.2, 0.25) is 0 Å². The molecule has 1 atom stereocenters. The van der Waals surface area contributed by atoms with Gasteiger partial charge in [-0.3, -0.25) is 10.1 Å². The van der Waals surface area contributed by atoms with Crippen LogP contribution >= 0.6 is 0 Å². The van der Waals surface area contributed by atoms with Crippen LogP contribution in [0.5, 0.6) is 0 Å². The number of hydrogen-bond acceptors (Lipinski definition) is 5. The fourth-order valence-corrected chi connectivity index (χ4v) is 1.42. The largest absolute Gasteiger partial charge is 0.314 e. The van der Waals surface area contributed by atoms with Crippen molar-refractivity contribution < 1.29 is 4.92 Å². The third kappa shape index (κ3) is 3.54. The summed E-state index contributed by atoms with van der Waals surface area (Å²) in [6.45, 7) is 5.02. The SMILES string of the molecule is CCNC(CC)Cc1ncc([N+](=O)[O-])cn1. The predicted octanol–water partition coefficient (Wildman–Crippen LogP) is 1.32. The van der Waals surface area contributed by atoms with Crippen LogP contribution in [0, 0.1) is 10.1 Å². The Bertz CT molecular complexity index is 339. The van der Waals surface area contributed by atoms with E-state index in [9.17, 15) is 10.1 Å². The van der Waals surface area contributed by atoms with Crippen LogP contribution < -0.4 is 5.32 Å². The van der Waals surface area contributed by atoms with Gasteiger partial charge in [-0.05, 0) is 13.0 Å². The van der Waals surface area contributed by atoms with Gasteiger partial charge in [0.05, 0.1) is 4.92 Å². The van der Waals surface area contributed by atoms with E-state index in [1.807, 2.05) is 6.92 Å². The highest BCUT2D eigenvalue weighted by Gasteiger charge is 2.10. The highest BCUT2D eigenvalue weighted by Crippen LogP contribution is 2.07. The number of likely N-dealkylation sites (N-methyl/N-ethyl adjacent to an activating group) is 1. The second-order valence-electron chi connectivity index (χ2n) is 3.48. The average molecular weight is 224 g/mol. The lowest BCUT2D eigenvalue weighted by Gasteiger charge is -2.13. The molecule has 0 saturated carbocycles. The van der Waals surface area contributed by atoms with E-state index in [1.54, 1.807) is 0 Å². The Kier molecular flexibility index (Phi) is 4.78. The maximum atomic E-state index is 10.4. The molecule has 0 bridgehead atoms. The maximum Gasteiger partial charge on any atom is 0.305 e. The van der Waals surface area contributed by atoms with Crippen LogP contribution in [0.3, 0.4) is 0 Å².